The van der Waals surface area contributed by atoms with Crippen LogP contribution < -0.4 is 4.72 Å². The normalized spacial score (nSPS) is 13.6. The lowest BCUT2D eigenvalue weighted by Crippen LogP contribution is -2.40. The Morgan fingerprint density at radius 1 is 1.04 bits per heavy atom. The highest BCUT2D eigenvalue weighted by Gasteiger charge is 2.25. The van der Waals surface area contributed by atoms with Crippen molar-refractivity contribution in [2.45, 2.75) is 55.4 Å². The van der Waals surface area contributed by atoms with Gasteiger partial charge in [0.15, 0.2) is 9.84 Å². The number of carboxylic acid groups (broad SMARTS) is 1. The molecule has 0 unspecified atom stereocenters. The molecular formula is C15H23NO6S2. The number of benzene rings is 1. The molecule has 24 heavy (non-hydrogen) atoms. The first-order valence-corrected chi connectivity index (χ1v) is 10.9. The molecule has 0 saturated carbocycles. The molecule has 1 aromatic rings. The molecule has 0 spiro atoms. The molecule has 0 aliphatic heterocycles. The molecular weight excluding hydrogens is 354 g/mol. The molecule has 1 aromatic carbocycles. The molecule has 0 saturated heterocycles. The van der Waals surface area contributed by atoms with Crippen LogP contribution in [0.5, 0.6) is 0 Å². The quantitative estimate of drug-likeness (QED) is 0.642. The zero-order chi connectivity index (χ0) is 18.4. The number of unbranched alkanes of at least 4 members (excludes halogenated alkanes) is 1. The number of carbonyl (C=O) groups is 1. The minimum atomic E-state index is -4.04. The molecule has 0 fully saturated rings. The highest BCUT2D eigenvalue weighted by Crippen LogP contribution is 2.17. The van der Waals surface area contributed by atoms with Crippen LogP contribution in [0.4, 0.5) is 0 Å². The lowest BCUT2D eigenvalue weighted by molar-refractivity contribution is -0.139. The Hall–Kier alpha value is -1.45. The average molecular weight is 377 g/mol. The van der Waals surface area contributed by atoms with Crippen LogP contribution in [0.2, 0.25) is 0 Å². The minimum absolute atomic E-state index is 0.0184. The van der Waals surface area contributed by atoms with Gasteiger partial charge in [0.1, 0.15) is 6.04 Å². The Bertz CT molecular complexity index is 754. The van der Waals surface area contributed by atoms with Gasteiger partial charge in [-0.15, -0.1) is 0 Å². The van der Waals surface area contributed by atoms with E-state index >= 15 is 0 Å². The van der Waals surface area contributed by atoms with Crippen LogP contribution in [0, 0.1) is 0 Å². The summed E-state index contributed by atoms with van der Waals surface area (Å²) in [5.41, 5.74) is 0. The van der Waals surface area contributed by atoms with Gasteiger partial charge in [0.05, 0.1) is 15.5 Å². The third kappa shape index (κ3) is 5.57. The number of sulfonamides is 1. The standard InChI is InChI=1S/C15H23NO6S2/c1-3-5-6-14(15(17)18)16-24(21,22)13-9-7-12(8-10-13)23(19,20)11-4-2/h7-10,14,16H,3-6,11H2,1-2H3,(H,17,18)/t14-/m0/s1. The van der Waals surface area contributed by atoms with Crippen molar-refractivity contribution in [3.05, 3.63) is 24.3 Å². The molecule has 0 bridgehead atoms. The zero-order valence-corrected chi connectivity index (χ0v) is 15.4. The van der Waals surface area contributed by atoms with E-state index in [1.807, 2.05) is 6.92 Å². The van der Waals surface area contributed by atoms with Crippen LogP contribution >= 0.6 is 0 Å². The molecule has 1 atom stereocenters. The summed E-state index contributed by atoms with van der Waals surface area (Å²) in [5.74, 6) is -1.26. The highest BCUT2D eigenvalue weighted by molar-refractivity contribution is 7.91. The van der Waals surface area contributed by atoms with E-state index in [9.17, 15) is 21.6 Å². The summed E-state index contributed by atoms with van der Waals surface area (Å²) in [5, 5.41) is 9.11. The smallest absolute Gasteiger partial charge is 0.321 e. The van der Waals surface area contributed by atoms with E-state index in [-0.39, 0.29) is 22.0 Å². The van der Waals surface area contributed by atoms with E-state index < -0.39 is 31.9 Å². The Balaban J connectivity index is 3.01. The van der Waals surface area contributed by atoms with Gasteiger partial charge in [-0.1, -0.05) is 26.7 Å². The van der Waals surface area contributed by atoms with Gasteiger partial charge < -0.3 is 5.11 Å². The molecule has 0 radical (unpaired) electrons. The van der Waals surface area contributed by atoms with Crippen LogP contribution in [0.15, 0.2) is 34.1 Å². The van der Waals surface area contributed by atoms with E-state index in [2.05, 4.69) is 4.72 Å². The van der Waals surface area contributed by atoms with E-state index in [0.29, 0.717) is 12.8 Å². The number of hydrogen-bond acceptors (Lipinski definition) is 5. The summed E-state index contributed by atoms with van der Waals surface area (Å²) in [4.78, 5) is 11.0. The van der Waals surface area contributed by atoms with Gasteiger partial charge in [0.2, 0.25) is 10.0 Å². The summed E-state index contributed by atoms with van der Waals surface area (Å²) in [7, 11) is -7.47. The molecule has 0 amide bonds. The Labute approximate surface area is 143 Å². The maximum absolute atomic E-state index is 12.3. The lowest BCUT2D eigenvalue weighted by atomic mass is 10.1. The van der Waals surface area contributed by atoms with Gasteiger partial charge in [0.25, 0.3) is 0 Å². The van der Waals surface area contributed by atoms with E-state index in [1.165, 1.54) is 24.3 Å². The predicted octanol–water partition coefficient (Wildman–Crippen LogP) is 1.79. The molecule has 0 aromatic heterocycles. The Kier molecular flexibility index (Phi) is 7.37. The van der Waals surface area contributed by atoms with Crippen LogP contribution in [0.1, 0.15) is 39.5 Å². The van der Waals surface area contributed by atoms with Gasteiger partial charge in [-0.3, -0.25) is 4.79 Å². The second-order valence-electron chi connectivity index (χ2n) is 5.44. The van der Waals surface area contributed by atoms with Crippen molar-refractivity contribution < 1.29 is 26.7 Å². The first kappa shape index (κ1) is 20.6. The highest BCUT2D eigenvalue weighted by atomic mass is 32.2. The fraction of sp³-hybridized carbons (Fsp3) is 0.533. The second kappa shape index (κ2) is 8.59. The molecule has 2 N–H and O–H groups in total. The zero-order valence-electron chi connectivity index (χ0n) is 13.7. The van der Waals surface area contributed by atoms with Gasteiger partial charge in [0, 0.05) is 0 Å². The van der Waals surface area contributed by atoms with Crippen LogP contribution in [-0.4, -0.2) is 39.7 Å². The van der Waals surface area contributed by atoms with Crippen molar-refractivity contribution in [1.82, 2.24) is 4.72 Å². The maximum Gasteiger partial charge on any atom is 0.321 e. The number of rotatable bonds is 10. The summed E-state index contributed by atoms with van der Waals surface area (Å²) in [6, 6.07) is 3.58. The van der Waals surface area contributed by atoms with Crippen molar-refractivity contribution in [3.8, 4) is 0 Å². The summed E-state index contributed by atoms with van der Waals surface area (Å²) in [6.07, 6.45) is 1.97. The van der Waals surface area contributed by atoms with Gasteiger partial charge in [-0.25, -0.2) is 16.8 Å². The maximum atomic E-state index is 12.3. The van der Waals surface area contributed by atoms with Crippen molar-refractivity contribution in [2.24, 2.45) is 0 Å². The molecule has 0 aliphatic rings. The van der Waals surface area contributed by atoms with E-state index in [0.717, 1.165) is 6.42 Å². The van der Waals surface area contributed by atoms with Crippen molar-refractivity contribution in [1.29, 1.82) is 0 Å². The van der Waals surface area contributed by atoms with E-state index in [1.54, 1.807) is 6.92 Å². The van der Waals surface area contributed by atoms with Crippen molar-refractivity contribution in [3.63, 3.8) is 0 Å². The summed E-state index contributed by atoms with van der Waals surface area (Å²) in [6.45, 7) is 3.62. The van der Waals surface area contributed by atoms with Gasteiger partial charge in [-0.05, 0) is 37.1 Å². The summed E-state index contributed by atoms with van der Waals surface area (Å²) >= 11 is 0. The molecule has 0 heterocycles. The number of carboxylic acids is 1. The van der Waals surface area contributed by atoms with Gasteiger partial charge >= 0.3 is 5.97 Å². The third-order valence-electron chi connectivity index (χ3n) is 3.41. The molecule has 7 nitrogen and oxygen atoms in total. The topological polar surface area (TPSA) is 118 Å². The number of sulfone groups is 1. The Morgan fingerprint density at radius 2 is 1.58 bits per heavy atom. The van der Waals surface area contributed by atoms with Crippen molar-refractivity contribution in [2.75, 3.05) is 5.75 Å². The van der Waals surface area contributed by atoms with Crippen LogP contribution in [0.25, 0.3) is 0 Å². The number of hydrogen-bond donors (Lipinski definition) is 2. The number of nitrogens with one attached hydrogen (secondary N) is 1. The van der Waals surface area contributed by atoms with Gasteiger partial charge in [-0.2, -0.15) is 4.72 Å². The van der Waals surface area contributed by atoms with Crippen LogP contribution in [-0.2, 0) is 24.7 Å². The lowest BCUT2D eigenvalue weighted by Gasteiger charge is -2.14. The van der Waals surface area contributed by atoms with Crippen molar-refractivity contribution >= 4 is 25.8 Å². The average Bonchev–Trinajstić information content (AvgIpc) is 2.51. The first-order chi connectivity index (χ1) is 11.1. The van der Waals surface area contributed by atoms with Crippen LogP contribution in [0.3, 0.4) is 0 Å². The number of aliphatic carboxylic acids is 1. The third-order valence-corrected chi connectivity index (χ3v) is 6.83. The monoisotopic (exact) mass is 377 g/mol. The largest absolute Gasteiger partial charge is 0.480 e. The minimum Gasteiger partial charge on any atom is -0.480 e. The predicted molar refractivity (Wildman–Crippen MR) is 90.1 cm³/mol. The first-order valence-electron chi connectivity index (χ1n) is 7.72. The summed E-state index contributed by atoms with van der Waals surface area (Å²) < 4.78 is 50.6. The molecule has 9 heteroatoms. The molecule has 0 aliphatic carbocycles. The fourth-order valence-electron chi connectivity index (χ4n) is 2.11. The van der Waals surface area contributed by atoms with E-state index in [4.69, 9.17) is 5.11 Å². The second-order valence-corrected chi connectivity index (χ2v) is 9.27. The molecule has 1 rings (SSSR count). The SMILES string of the molecule is CCCC[C@H](NS(=O)(=O)c1ccc(S(=O)(=O)CCC)cc1)C(=O)O. The molecule has 136 valence electrons. The Morgan fingerprint density at radius 3 is 2.04 bits per heavy atom. The fourth-order valence-corrected chi connectivity index (χ4v) is 4.66.